The van der Waals surface area contributed by atoms with Crippen LogP contribution in [-0.2, 0) is 0 Å². The second kappa shape index (κ2) is 7.41. The standard InChI is InChI=1S/C12H17F3N2O3/c1-16-5-4-9(18)11(19)8-2-3-10(17-6-8)20-7-12(13,14)15/h2-3,6,9,11,16,18-19H,4-5,7H2,1H3. The maximum atomic E-state index is 11.9. The average Bonchev–Trinajstić information content (AvgIpc) is 2.41. The van der Waals surface area contributed by atoms with E-state index >= 15 is 0 Å². The molecule has 114 valence electrons. The van der Waals surface area contributed by atoms with Gasteiger partial charge in [-0.15, -0.1) is 0 Å². The molecular formula is C12H17F3N2O3. The first-order valence-electron chi connectivity index (χ1n) is 5.99. The van der Waals surface area contributed by atoms with E-state index < -0.39 is 25.0 Å². The minimum atomic E-state index is -4.43. The van der Waals surface area contributed by atoms with Gasteiger partial charge < -0.3 is 20.3 Å². The molecule has 0 radical (unpaired) electrons. The first-order valence-corrected chi connectivity index (χ1v) is 5.99. The lowest BCUT2D eigenvalue weighted by Crippen LogP contribution is -2.23. The van der Waals surface area contributed by atoms with Crippen molar-refractivity contribution in [1.82, 2.24) is 10.3 Å². The molecule has 0 amide bonds. The highest BCUT2D eigenvalue weighted by molar-refractivity contribution is 5.20. The highest BCUT2D eigenvalue weighted by atomic mass is 19.4. The largest absolute Gasteiger partial charge is 0.468 e. The summed E-state index contributed by atoms with van der Waals surface area (Å²) >= 11 is 0. The number of nitrogens with zero attached hydrogens (tertiary/aromatic N) is 1. The van der Waals surface area contributed by atoms with Gasteiger partial charge in [-0.3, -0.25) is 0 Å². The van der Waals surface area contributed by atoms with Crippen LogP contribution in [0, 0.1) is 0 Å². The molecule has 1 aromatic heterocycles. The monoisotopic (exact) mass is 294 g/mol. The van der Waals surface area contributed by atoms with E-state index in [-0.39, 0.29) is 5.88 Å². The first-order chi connectivity index (χ1) is 9.33. The average molecular weight is 294 g/mol. The molecule has 0 bridgehead atoms. The Balaban J connectivity index is 2.57. The predicted octanol–water partition coefficient (Wildman–Crippen LogP) is 1.03. The molecular weight excluding hydrogens is 277 g/mol. The quantitative estimate of drug-likeness (QED) is 0.700. The van der Waals surface area contributed by atoms with Crippen molar-refractivity contribution in [3.05, 3.63) is 23.9 Å². The van der Waals surface area contributed by atoms with Crippen LogP contribution >= 0.6 is 0 Å². The van der Waals surface area contributed by atoms with Crippen LogP contribution in [0.25, 0.3) is 0 Å². The van der Waals surface area contributed by atoms with E-state index in [1.165, 1.54) is 18.3 Å². The Labute approximate surface area is 114 Å². The summed E-state index contributed by atoms with van der Waals surface area (Å²) < 4.78 is 40.3. The third-order valence-electron chi connectivity index (χ3n) is 2.54. The summed E-state index contributed by atoms with van der Waals surface area (Å²) in [6, 6.07) is 2.58. The van der Waals surface area contributed by atoms with Crippen LogP contribution in [0.15, 0.2) is 18.3 Å². The number of alkyl halides is 3. The van der Waals surface area contributed by atoms with Gasteiger partial charge in [0.1, 0.15) is 6.10 Å². The van der Waals surface area contributed by atoms with Gasteiger partial charge in [-0.25, -0.2) is 4.98 Å². The molecule has 0 spiro atoms. The molecule has 0 aliphatic heterocycles. The Kier molecular flexibility index (Phi) is 6.18. The van der Waals surface area contributed by atoms with Gasteiger partial charge in [-0.2, -0.15) is 13.2 Å². The number of hydrogen-bond acceptors (Lipinski definition) is 5. The highest BCUT2D eigenvalue weighted by Crippen LogP contribution is 2.21. The van der Waals surface area contributed by atoms with Gasteiger partial charge in [0, 0.05) is 17.8 Å². The number of pyridine rings is 1. The Morgan fingerprint density at radius 1 is 1.35 bits per heavy atom. The number of aliphatic hydroxyl groups excluding tert-OH is 2. The second-order valence-electron chi connectivity index (χ2n) is 4.24. The van der Waals surface area contributed by atoms with Crippen LogP contribution in [0.2, 0.25) is 0 Å². The van der Waals surface area contributed by atoms with Crippen molar-refractivity contribution >= 4 is 0 Å². The summed E-state index contributed by atoms with van der Waals surface area (Å²) in [6.45, 7) is -0.898. The number of ether oxygens (including phenoxy) is 1. The Morgan fingerprint density at radius 3 is 2.55 bits per heavy atom. The molecule has 3 N–H and O–H groups in total. The zero-order valence-corrected chi connectivity index (χ0v) is 10.9. The number of nitrogens with one attached hydrogen (secondary N) is 1. The lowest BCUT2D eigenvalue weighted by atomic mass is 10.0. The van der Waals surface area contributed by atoms with Gasteiger partial charge in [0.2, 0.25) is 5.88 Å². The molecule has 0 saturated heterocycles. The number of halogens is 3. The van der Waals surface area contributed by atoms with E-state index in [0.717, 1.165) is 0 Å². The van der Waals surface area contributed by atoms with Crippen LogP contribution in [0.1, 0.15) is 18.1 Å². The molecule has 1 heterocycles. The SMILES string of the molecule is CNCCC(O)C(O)c1ccc(OCC(F)(F)F)nc1. The van der Waals surface area contributed by atoms with Gasteiger partial charge in [0.25, 0.3) is 0 Å². The van der Waals surface area contributed by atoms with Crippen LogP contribution < -0.4 is 10.1 Å². The van der Waals surface area contributed by atoms with E-state index in [2.05, 4.69) is 15.0 Å². The number of aromatic nitrogens is 1. The van der Waals surface area contributed by atoms with Crippen LogP contribution in [0.3, 0.4) is 0 Å². The predicted molar refractivity (Wildman–Crippen MR) is 65.3 cm³/mol. The van der Waals surface area contributed by atoms with E-state index in [1.54, 1.807) is 7.05 Å². The molecule has 2 unspecified atom stereocenters. The third-order valence-corrected chi connectivity index (χ3v) is 2.54. The summed E-state index contributed by atoms with van der Waals surface area (Å²) in [4.78, 5) is 3.66. The maximum absolute atomic E-state index is 11.9. The topological polar surface area (TPSA) is 74.6 Å². The van der Waals surface area contributed by atoms with Crippen molar-refractivity contribution in [1.29, 1.82) is 0 Å². The molecule has 0 aliphatic rings. The summed E-state index contributed by atoms with van der Waals surface area (Å²) in [7, 11) is 1.72. The molecule has 1 aromatic rings. The number of aliphatic hydroxyl groups is 2. The second-order valence-corrected chi connectivity index (χ2v) is 4.24. The maximum Gasteiger partial charge on any atom is 0.422 e. The fourth-order valence-corrected chi connectivity index (χ4v) is 1.48. The molecule has 8 heteroatoms. The summed E-state index contributed by atoms with van der Waals surface area (Å²) in [5.41, 5.74) is 0.313. The van der Waals surface area contributed by atoms with E-state index in [4.69, 9.17) is 0 Å². The molecule has 0 aromatic carbocycles. The smallest absolute Gasteiger partial charge is 0.422 e. The minimum absolute atomic E-state index is 0.192. The van der Waals surface area contributed by atoms with Crippen molar-refractivity contribution in [2.75, 3.05) is 20.2 Å². The summed E-state index contributed by atoms with van der Waals surface area (Å²) in [6.07, 6.45) is -5.04. The Bertz CT molecular complexity index is 398. The fraction of sp³-hybridized carbons (Fsp3) is 0.583. The lowest BCUT2D eigenvalue weighted by molar-refractivity contribution is -0.154. The van der Waals surface area contributed by atoms with Crippen LogP contribution in [-0.4, -0.2) is 47.7 Å². The molecule has 0 fully saturated rings. The van der Waals surface area contributed by atoms with E-state index in [1.807, 2.05) is 0 Å². The van der Waals surface area contributed by atoms with E-state index in [9.17, 15) is 23.4 Å². The molecule has 0 saturated carbocycles. The Morgan fingerprint density at radius 2 is 2.05 bits per heavy atom. The highest BCUT2D eigenvalue weighted by Gasteiger charge is 2.28. The number of hydrogen-bond donors (Lipinski definition) is 3. The zero-order valence-electron chi connectivity index (χ0n) is 10.9. The fourth-order valence-electron chi connectivity index (χ4n) is 1.48. The van der Waals surface area contributed by atoms with Crippen molar-refractivity contribution in [2.45, 2.75) is 24.8 Å². The molecule has 5 nitrogen and oxygen atoms in total. The van der Waals surface area contributed by atoms with Crippen LogP contribution in [0.4, 0.5) is 13.2 Å². The molecule has 2 atom stereocenters. The first kappa shape index (κ1) is 16.7. The normalized spacial score (nSPS) is 14.9. The van der Waals surface area contributed by atoms with Gasteiger partial charge in [0.15, 0.2) is 6.61 Å². The van der Waals surface area contributed by atoms with Crippen molar-refractivity contribution in [2.24, 2.45) is 0 Å². The summed E-state index contributed by atoms with van der Waals surface area (Å²) in [5.74, 6) is -0.192. The third kappa shape index (κ3) is 5.72. The van der Waals surface area contributed by atoms with Gasteiger partial charge in [0.05, 0.1) is 6.10 Å². The van der Waals surface area contributed by atoms with Crippen molar-refractivity contribution in [3.8, 4) is 5.88 Å². The van der Waals surface area contributed by atoms with Gasteiger partial charge in [-0.05, 0) is 26.1 Å². The van der Waals surface area contributed by atoms with Crippen LogP contribution in [0.5, 0.6) is 5.88 Å². The van der Waals surface area contributed by atoms with Gasteiger partial charge >= 0.3 is 6.18 Å². The molecule has 1 rings (SSSR count). The molecule has 0 aliphatic carbocycles. The van der Waals surface area contributed by atoms with Gasteiger partial charge in [-0.1, -0.05) is 0 Å². The van der Waals surface area contributed by atoms with E-state index in [0.29, 0.717) is 18.5 Å². The van der Waals surface area contributed by atoms with Crippen molar-refractivity contribution < 1.29 is 28.1 Å². The Hall–Kier alpha value is -1.38. The summed E-state index contributed by atoms with van der Waals surface area (Å²) in [5, 5.41) is 22.3. The number of rotatable bonds is 7. The lowest BCUT2D eigenvalue weighted by Gasteiger charge is -2.18. The minimum Gasteiger partial charge on any atom is -0.468 e. The zero-order chi connectivity index (χ0) is 15.2. The molecule has 20 heavy (non-hydrogen) atoms. The van der Waals surface area contributed by atoms with Crippen molar-refractivity contribution in [3.63, 3.8) is 0 Å².